The fourth-order valence-corrected chi connectivity index (χ4v) is 11.7. The fourth-order valence-electron chi connectivity index (χ4n) is 10.2. The van der Waals surface area contributed by atoms with E-state index in [4.69, 9.17) is 21.1 Å². The molecule has 4 bridgehead atoms. The van der Waals surface area contributed by atoms with Gasteiger partial charge < -0.3 is 19.3 Å². The number of ether oxygens (including phenoxy) is 2. The molecule has 7 atom stereocenters. The molecule has 9 rings (SSSR count). The molecule has 1 saturated heterocycles. The Balaban J connectivity index is 1.23. The summed E-state index contributed by atoms with van der Waals surface area (Å²) in [6, 6.07) is 8.85. The van der Waals surface area contributed by atoms with Crippen LogP contribution >= 0.6 is 11.6 Å². The Morgan fingerprint density at radius 3 is 2.60 bits per heavy atom. The van der Waals surface area contributed by atoms with Gasteiger partial charge in [-0.05, 0) is 117 Å². The summed E-state index contributed by atoms with van der Waals surface area (Å²) in [6.45, 7) is 10.1. The summed E-state index contributed by atoms with van der Waals surface area (Å²) in [7, 11) is 0.0472. The molecule has 2 aromatic carbocycles. The molecular formula is C40H52ClFN4O5S. The molecule has 1 N–H and O–H groups in total. The van der Waals surface area contributed by atoms with Crippen molar-refractivity contribution in [2.75, 3.05) is 71.5 Å². The molecule has 0 aromatic heterocycles. The second kappa shape index (κ2) is 13.6. The third-order valence-corrected chi connectivity index (χ3v) is 16.0. The van der Waals surface area contributed by atoms with Crippen molar-refractivity contribution < 1.29 is 27.1 Å². The van der Waals surface area contributed by atoms with Crippen molar-refractivity contribution in [1.82, 2.24) is 14.5 Å². The topological polar surface area (TPSA) is 91.4 Å². The van der Waals surface area contributed by atoms with E-state index >= 15 is 4.39 Å². The molecule has 0 radical (unpaired) electrons. The van der Waals surface area contributed by atoms with Gasteiger partial charge in [-0.3, -0.25) is 9.69 Å². The number of nitrogens with zero attached hydrogens (tertiary/aromatic N) is 3. The number of rotatable bonds is 3. The molecule has 2 aromatic rings. The zero-order valence-corrected chi connectivity index (χ0v) is 32.4. The van der Waals surface area contributed by atoms with Crippen LogP contribution in [0.15, 0.2) is 42.0 Å². The summed E-state index contributed by atoms with van der Waals surface area (Å²) in [5.74, 6) is 0.0561. The van der Waals surface area contributed by atoms with E-state index in [1.54, 1.807) is 31.2 Å². The normalized spacial score (nSPS) is 34.8. The molecule has 4 aliphatic heterocycles. The second-order valence-electron chi connectivity index (χ2n) is 16.6. The summed E-state index contributed by atoms with van der Waals surface area (Å²) < 4.78 is 58.8. The summed E-state index contributed by atoms with van der Waals surface area (Å²) in [4.78, 5) is 21.0. The fraction of sp³-hybridized carbons (Fsp3) is 0.625. The number of sulfonamides is 1. The Bertz CT molecular complexity index is 1880. The first-order valence-electron chi connectivity index (χ1n) is 19.1. The van der Waals surface area contributed by atoms with Gasteiger partial charge >= 0.3 is 0 Å². The largest absolute Gasteiger partial charge is 0.490 e. The lowest BCUT2D eigenvalue weighted by Gasteiger charge is -2.56. The minimum atomic E-state index is -3.98. The van der Waals surface area contributed by atoms with Crippen molar-refractivity contribution in [3.63, 3.8) is 0 Å². The predicted octanol–water partition coefficient (Wildman–Crippen LogP) is 5.66. The quantitative estimate of drug-likeness (QED) is 0.402. The number of amides is 1. The van der Waals surface area contributed by atoms with Crippen molar-refractivity contribution in [3.05, 3.63) is 69.5 Å². The van der Waals surface area contributed by atoms with E-state index in [0.29, 0.717) is 43.3 Å². The van der Waals surface area contributed by atoms with E-state index in [0.717, 1.165) is 76.1 Å². The number of likely N-dealkylation sites (N-methyl/N-ethyl adjacent to an activating group) is 1. The average molecular weight is 755 g/mol. The monoisotopic (exact) mass is 754 g/mol. The highest BCUT2D eigenvalue weighted by atomic mass is 35.5. The number of benzene rings is 2. The van der Waals surface area contributed by atoms with Gasteiger partial charge in [0, 0.05) is 63.9 Å². The number of hydrogen-bond donors (Lipinski definition) is 1. The summed E-state index contributed by atoms with van der Waals surface area (Å²) >= 11 is 6.30. The van der Waals surface area contributed by atoms with E-state index in [1.165, 1.54) is 5.57 Å². The van der Waals surface area contributed by atoms with Crippen LogP contribution in [0.3, 0.4) is 0 Å². The summed E-state index contributed by atoms with van der Waals surface area (Å²) in [5.41, 5.74) is 2.89. The van der Waals surface area contributed by atoms with Crippen LogP contribution in [-0.2, 0) is 26.6 Å². The number of piperazine rings is 1. The lowest BCUT2D eigenvalue weighted by molar-refractivity contribution is -0.108. The van der Waals surface area contributed by atoms with E-state index < -0.39 is 32.2 Å². The minimum absolute atomic E-state index is 0.0684. The molecule has 12 heteroatoms. The number of carbonyl (C=O) groups is 1. The molecule has 3 aliphatic carbocycles. The van der Waals surface area contributed by atoms with E-state index in [-0.39, 0.29) is 34.2 Å². The van der Waals surface area contributed by atoms with Crippen LogP contribution in [0.25, 0.3) is 0 Å². The first-order chi connectivity index (χ1) is 24.8. The number of carbonyl (C=O) groups excluding carboxylic acids is 1. The molecule has 9 nitrogen and oxygen atoms in total. The molecule has 1 saturated carbocycles. The van der Waals surface area contributed by atoms with Crippen molar-refractivity contribution in [2.45, 2.75) is 68.6 Å². The van der Waals surface area contributed by atoms with Crippen LogP contribution in [-0.4, -0.2) is 102 Å². The van der Waals surface area contributed by atoms with E-state index in [1.807, 2.05) is 20.1 Å². The maximum Gasteiger partial charge on any atom is 0.264 e. The number of hydrogen-bond acceptors (Lipinski definition) is 8. The third-order valence-electron chi connectivity index (χ3n) is 13.9. The van der Waals surface area contributed by atoms with Gasteiger partial charge in [0.05, 0.1) is 22.6 Å². The Labute approximate surface area is 312 Å². The SMILES string of the molecule is CO[C@@]1(CN2CCN(C)CC2)C2=C[C@@H](C2)[C@H](C)[C@@H](C)S(=O)(=O)NC(=O)c2ccc3c(c2)N(C[C@@H]2CC[C@H]21)C[C@@]1(CCCc2c1ccc(Cl)c2F)CO3. The summed E-state index contributed by atoms with van der Waals surface area (Å²) in [5, 5.41) is -0.645. The Morgan fingerprint density at radius 2 is 1.88 bits per heavy atom. The van der Waals surface area contributed by atoms with Gasteiger partial charge in [-0.2, -0.15) is 0 Å². The van der Waals surface area contributed by atoms with Gasteiger partial charge in [-0.1, -0.05) is 30.7 Å². The van der Waals surface area contributed by atoms with Gasteiger partial charge in [0.25, 0.3) is 5.91 Å². The van der Waals surface area contributed by atoms with Crippen LogP contribution in [0.5, 0.6) is 5.75 Å². The van der Waals surface area contributed by atoms with E-state index in [2.05, 4.69) is 32.5 Å². The first kappa shape index (κ1) is 36.3. The molecule has 7 aliphatic rings. The Hall–Kier alpha value is -2.70. The third kappa shape index (κ3) is 6.06. The molecule has 0 unspecified atom stereocenters. The van der Waals surface area contributed by atoms with Crippen molar-refractivity contribution in [2.24, 2.45) is 23.7 Å². The van der Waals surface area contributed by atoms with E-state index in [9.17, 15) is 13.2 Å². The lowest BCUT2D eigenvalue weighted by atomic mass is 9.58. The van der Waals surface area contributed by atoms with Gasteiger partial charge in [0.2, 0.25) is 10.0 Å². The smallest absolute Gasteiger partial charge is 0.264 e. The van der Waals surface area contributed by atoms with Crippen LogP contribution in [0.4, 0.5) is 10.1 Å². The van der Waals surface area contributed by atoms with Crippen molar-refractivity contribution in [1.29, 1.82) is 0 Å². The molecule has 2 fully saturated rings. The Morgan fingerprint density at radius 1 is 1.12 bits per heavy atom. The molecule has 282 valence electrons. The maximum atomic E-state index is 15.6. The number of halogens is 2. The lowest BCUT2D eigenvalue weighted by Crippen LogP contribution is -2.61. The highest BCUT2D eigenvalue weighted by molar-refractivity contribution is 7.90. The predicted molar refractivity (Wildman–Crippen MR) is 201 cm³/mol. The molecule has 1 amide bonds. The second-order valence-corrected chi connectivity index (χ2v) is 19.0. The zero-order chi connectivity index (χ0) is 36.6. The van der Waals surface area contributed by atoms with Gasteiger partial charge in [-0.15, -0.1) is 0 Å². The van der Waals surface area contributed by atoms with Crippen molar-refractivity contribution in [3.8, 4) is 5.75 Å². The highest BCUT2D eigenvalue weighted by Gasteiger charge is 2.55. The van der Waals surface area contributed by atoms with Crippen LogP contribution in [0.2, 0.25) is 5.02 Å². The number of nitrogens with one attached hydrogen (secondary N) is 1. The zero-order valence-electron chi connectivity index (χ0n) is 30.8. The Kier molecular flexibility index (Phi) is 9.46. The maximum absolute atomic E-state index is 15.6. The average Bonchev–Trinajstić information content (AvgIpc) is 3.24. The molecule has 4 heterocycles. The van der Waals surface area contributed by atoms with Crippen LogP contribution in [0.1, 0.15) is 67.4 Å². The van der Waals surface area contributed by atoms with Crippen LogP contribution in [0, 0.1) is 29.5 Å². The van der Waals surface area contributed by atoms with Gasteiger partial charge in [0.1, 0.15) is 17.2 Å². The van der Waals surface area contributed by atoms with Crippen molar-refractivity contribution >= 4 is 33.2 Å². The number of fused-ring (bicyclic) bond motifs is 6. The molecule has 52 heavy (non-hydrogen) atoms. The standard InChI is InChI=1S/C40H52ClFN4O5S/c1-25-26(2)52(48,49)43-38(47)27-8-12-36-35(20-27)46(22-39(24-51-36)13-5-6-31-33(39)10-11-34(41)37(31)42)21-28-7-9-32(28)40(50-4,30-18-29(25)19-30)23-45-16-14-44(3)15-17-45/h8,10-12,18,20,25-26,28-29,32H,5-7,9,13-17,19,21-24H2,1-4H3,(H,43,47)/t25-,26-,28+,29+,32-,39+,40+/m1/s1. The first-order valence-corrected chi connectivity index (χ1v) is 21.0. The number of methoxy groups -OCH3 is 1. The highest BCUT2D eigenvalue weighted by Crippen LogP contribution is 2.54. The van der Waals surface area contributed by atoms with Crippen LogP contribution < -0.4 is 14.4 Å². The minimum Gasteiger partial charge on any atom is -0.490 e. The molecule has 1 spiro atoms. The summed E-state index contributed by atoms with van der Waals surface area (Å²) in [6.07, 6.45) is 7.38. The van der Waals surface area contributed by atoms with Gasteiger partial charge in [-0.25, -0.2) is 17.5 Å². The number of allylic oxidation sites excluding steroid dienone is 1. The number of anilines is 1. The van der Waals surface area contributed by atoms with Gasteiger partial charge in [0.15, 0.2) is 0 Å². The molecular weight excluding hydrogens is 703 g/mol.